The second-order valence-corrected chi connectivity index (χ2v) is 4.69. The molecule has 0 radical (unpaired) electrons. The molecule has 114 valence electrons. The smallest absolute Gasteiger partial charge is 0.124 e. The minimum Gasteiger partial charge on any atom is -0.507 e. The van der Waals surface area contributed by atoms with E-state index in [0.29, 0.717) is 0 Å². The van der Waals surface area contributed by atoms with Crippen LogP contribution in [-0.4, -0.2) is 21.6 Å². The molecule has 2 N–H and O–H groups in total. The van der Waals surface area contributed by atoms with Crippen LogP contribution in [0.2, 0.25) is 0 Å². The van der Waals surface area contributed by atoms with Gasteiger partial charge in [0.15, 0.2) is 0 Å². The summed E-state index contributed by atoms with van der Waals surface area (Å²) in [5, 5.41) is 27.1. The highest BCUT2D eigenvalue weighted by Gasteiger charge is 2.08. The highest BCUT2D eigenvalue weighted by atomic mass is 19.1. The Labute approximate surface area is 126 Å². The van der Waals surface area contributed by atoms with Crippen LogP contribution >= 0.6 is 0 Å². The Balaban J connectivity index is 2.36. The van der Waals surface area contributed by atoms with Gasteiger partial charge in [0.25, 0.3) is 0 Å². The molecule has 0 aliphatic rings. The van der Waals surface area contributed by atoms with Crippen LogP contribution in [0.3, 0.4) is 0 Å². The number of rotatable bonds is 3. The number of phenolic OH excluding ortho intramolecular Hbond substituents is 2. The highest BCUT2D eigenvalue weighted by molar-refractivity contribution is 6.03. The molecule has 0 aliphatic heterocycles. The maximum Gasteiger partial charge on any atom is 0.124 e. The van der Waals surface area contributed by atoms with E-state index in [2.05, 4.69) is 10.2 Å². The monoisotopic (exact) mass is 304 g/mol. The molecule has 2 aromatic carbocycles. The number of nitrogens with zero attached hydrogens (tertiary/aromatic N) is 2. The SMILES string of the molecule is C/C(=N\N=C(/C)c1cc(F)ccc1O)c1cc(F)ccc1O. The molecule has 0 heterocycles. The molecule has 0 saturated carbocycles. The van der Waals surface area contributed by atoms with Crippen LogP contribution in [-0.2, 0) is 0 Å². The number of halogens is 2. The van der Waals surface area contributed by atoms with Crippen LogP contribution in [0.4, 0.5) is 8.78 Å². The van der Waals surface area contributed by atoms with Gasteiger partial charge in [0.2, 0.25) is 0 Å². The molecule has 0 amide bonds. The summed E-state index contributed by atoms with van der Waals surface area (Å²) in [4.78, 5) is 0. The summed E-state index contributed by atoms with van der Waals surface area (Å²) < 4.78 is 26.4. The molecule has 22 heavy (non-hydrogen) atoms. The largest absolute Gasteiger partial charge is 0.507 e. The van der Waals surface area contributed by atoms with E-state index in [1.807, 2.05) is 0 Å². The zero-order chi connectivity index (χ0) is 16.3. The number of benzene rings is 2. The quantitative estimate of drug-likeness (QED) is 0.672. The Morgan fingerprint density at radius 2 is 1.14 bits per heavy atom. The average Bonchev–Trinajstić information content (AvgIpc) is 2.49. The Morgan fingerprint density at radius 1 is 0.773 bits per heavy atom. The normalized spacial score (nSPS) is 12.5. The Kier molecular flexibility index (Phi) is 4.50. The van der Waals surface area contributed by atoms with Gasteiger partial charge in [-0.25, -0.2) is 8.78 Å². The van der Waals surface area contributed by atoms with Gasteiger partial charge >= 0.3 is 0 Å². The predicted octanol–water partition coefficient (Wildman–Crippen LogP) is 3.61. The summed E-state index contributed by atoms with van der Waals surface area (Å²) in [5.41, 5.74) is 0.986. The molecule has 0 unspecified atom stereocenters. The van der Waals surface area contributed by atoms with Crippen molar-refractivity contribution in [2.45, 2.75) is 13.8 Å². The number of hydrogen-bond acceptors (Lipinski definition) is 4. The molecular formula is C16H14F2N2O2. The van der Waals surface area contributed by atoms with E-state index in [9.17, 15) is 19.0 Å². The van der Waals surface area contributed by atoms with E-state index in [0.717, 1.165) is 24.3 Å². The lowest BCUT2D eigenvalue weighted by molar-refractivity contribution is 0.471. The summed E-state index contributed by atoms with van der Waals surface area (Å²) in [7, 11) is 0. The molecule has 0 atom stereocenters. The lowest BCUT2D eigenvalue weighted by atomic mass is 10.1. The van der Waals surface area contributed by atoms with Crippen molar-refractivity contribution in [3.8, 4) is 11.5 Å². The van der Waals surface area contributed by atoms with Crippen molar-refractivity contribution in [2.24, 2.45) is 10.2 Å². The summed E-state index contributed by atoms with van der Waals surface area (Å²) in [5.74, 6) is -1.26. The first-order valence-corrected chi connectivity index (χ1v) is 6.45. The van der Waals surface area contributed by atoms with Gasteiger partial charge in [0.1, 0.15) is 23.1 Å². The zero-order valence-electron chi connectivity index (χ0n) is 12.0. The van der Waals surface area contributed by atoms with Crippen molar-refractivity contribution < 1.29 is 19.0 Å². The van der Waals surface area contributed by atoms with Crippen molar-refractivity contribution in [3.63, 3.8) is 0 Å². The third kappa shape index (κ3) is 3.46. The van der Waals surface area contributed by atoms with Gasteiger partial charge in [0.05, 0.1) is 11.4 Å². The molecule has 0 saturated heterocycles. The van der Waals surface area contributed by atoms with Crippen LogP contribution in [0.5, 0.6) is 11.5 Å². The maximum absolute atomic E-state index is 13.2. The summed E-state index contributed by atoms with van der Waals surface area (Å²) in [6.45, 7) is 3.10. The fourth-order valence-electron chi connectivity index (χ4n) is 1.85. The molecule has 0 aliphatic carbocycles. The van der Waals surface area contributed by atoms with Gasteiger partial charge in [-0.2, -0.15) is 10.2 Å². The molecule has 0 fully saturated rings. The van der Waals surface area contributed by atoms with Crippen molar-refractivity contribution in [3.05, 3.63) is 59.2 Å². The van der Waals surface area contributed by atoms with Crippen LogP contribution in [0.1, 0.15) is 25.0 Å². The fourth-order valence-corrected chi connectivity index (χ4v) is 1.85. The van der Waals surface area contributed by atoms with Gasteiger partial charge in [-0.05, 0) is 50.2 Å². The number of hydrogen-bond donors (Lipinski definition) is 2. The third-order valence-electron chi connectivity index (χ3n) is 3.05. The number of phenols is 2. The van der Waals surface area contributed by atoms with Gasteiger partial charge in [-0.3, -0.25) is 0 Å². The predicted molar refractivity (Wildman–Crippen MR) is 80.6 cm³/mol. The average molecular weight is 304 g/mol. The molecule has 0 bridgehead atoms. The molecule has 0 spiro atoms. The van der Waals surface area contributed by atoms with Crippen LogP contribution in [0.25, 0.3) is 0 Å². The van der Waals surface area contributed by atoms with E-state index in [1.54, 1.807) is 13.8 Å². The van der Waals surface area contributed by atoms with Crippen molar-refractivity contribution >= 4 is 11.4 Å². The fraction of sp³-hybridized carbons (Fsp3) is 0.125. The van der Waals surface area contributed by atoms with Gasteiger partial charge in [0, 0.05) is 11.1 Å². The molecule has 6 heteroatoms. The minimum atomic E-state index is -0.508. The standard InChI is InChI=1S/C16H14F2N2O2/c1-9(13-7-11(17)3-5-15(13)21)19-20-10(2)14-8-12(18)4-6-16(14)22/h3-8,21-22H,1-2H3/b19-9+,20-10+. The van der Waals surface area contributed by atoms with Crippen molar-refractivity contribution in [1.29, 1.82) is 0 Å². The van der Waals surface area contributed by atoms with Crippen LogP contribution < -0.4 is 0 Å². The van der Waals surface area contributed by atoms with Gasteiger partial charge in [-0.1, -0.05) is 0 Å². The van der Waals surface area contributed by atoms with E-state index in [4.69, 9.17) is 0 Å². The molecule has 0 aromatic heterocycles. The summed E-state index contributed by atoms with van der Waals surface area (Å²) in [6.07, 6.45) is 0. The Bertz CT molecular complexity index is 705. The molecule has 2 aromatic rings. The van der Waals surface area contributed by atoms with Crippen LogP contribution in [0.15, 0.2) is 46.6 Å². The molecule has 4 nitrogen and oxygen atoms in total. The second kappa shape index (κ2) is 6.34. The van der Waals surface area contributed by atoms with E-state index < -0.39 is 11.6 Å². The highest BCUT2D eigenvalue weighted by Crippen LogP contribution is 2.20. The van der Waals surface area contributed by atoms with Crippen molar-refractivity contribution in [2.75, 3.05) is 0 Å². The van der Waals surface area contributed by atoms with Gasteiger partial charge < -0.3 is 10.2 Å². The Morgan fingerprint density at radius 3 is 1.50 bits per heavy atom. The van der Waals surface area contributed by atoms with E-state index in [-0.39, 0.29) is 34.0 Å². The zero-order valence-corrected chi connectivity index (χ0v) is 12.0. The topological polar surface area (TPSA) is 65.2 Å². The van der Waals surface area contributed by atoms with Gasteiger partial charge in [-0.15, -0.1) is 0 Å². The Hall–Kier alpha value is -2.76. The van der Waals surface area contributed by atoms with E-state index >= 15 is 0 Å². The number of aromatic hydroxyl groups is 2. The summed E-state index contributed by atoms with van der Waals surface area (Å²) in [6, 6.07) is 6.98. The lowest BCUT2D eigenvalue weighted by Gasteiger charge is -2.04. The minimum absolute atomic E-state index is 0.121. The first-order valence-electron chi connectivity index (χ1n) is 6.45. The van der Waals surface area contributed by atoms with Crippen LogP contribution in [0, 0.1) is 11.6 Å². The second-order valence-electron chi connectivity index (χ2n) is 4.69. The first kappa shape index (κ1) is 15.6. The summed E-state index contributed by atoms with van der Waals surface area (Å²) >= 11 is 0. The van der Waals surface area contributed by atoms with Crippen molar-refractivity contribution in [1.82, 2.24) is 0 Å². The maximum atomic E-state index is 13.2. The third-order valence-corrected chi connectivity index (χ3v) is 3.05. The molecular weight excluding hydrogens is 290 g/mol. The molecule has 2 rings (SSSR count). The van der Waals surface area contributed by atoms with E-state index in [1.165, 1.54) is 12.1 Å². The lowest BCUT2D eigenvalue weighted by Crippen LogP contribution is -1.99. The first-order chi connectivity index (χ1) is 10.4.